The Morgan fingerprint density at radius 1 is 0.528 bits per heavy atom. The van der Waals surface area contributed by atoms with Crippen molar-refractivity contribution in [2.45, 2.75) is 51.9 Å². The molecule has 0 nitrogen and oxygen atoms in total. The first kappa shape index (κ1) is 20.5. The highest BCUT2D eigenvalue weighted by Crippen LogP contribution is 2.58. The first-order chi connectivity index (χ1) is 17.3. The number of hydrogen-bond donors (Lipinski definition) is 0. The fourth-order valence-electron chi connectivity index (χ4n) is 7.51. The van der Waals surface area contributed by atoms with E-state index >= 15 is 0 Å². The van der Waals surface area contributed by atoms with E-state index in [4.69, 9.17) is 0 Å². The Labute approximate surface area is 212 Å². The van der Waals surface area contributed by atoms with E-state index < -0.39 is 0 Å². The van der Waals surface area contributed by atoms with Gasteiger partial charge in [0.2, 0.25) is 0 Å². The molecule has 174 valence electrons. The van der Waals surface area contributed by atoms with Crippen LogP contribution in [0.3, 0.4) is 0 Å². The average molecular weight is 463 g/mol. The third-order valence-electron chi connectivity index (χ3n) is 9.55. The molecule has 0 heteroatoms. The molecule has 2 aliphatic carbocycles. The van der Waals surface area contributed by atoms with Gasteiger partial charge in [0.15, 0.2) is 0 Å². The number of aryl methyl sites for hydroxylation is 1. The third kappa shape index (κ3) is 2.27. The van der Waals surface area contributed by atoms with Crippen molar-refractivity contribution >= 4 is 32.3 Å². The van der Waals surface area contributed by atoms with Gasteiger partial charge in [0.25, 0.3) is 0 Å². The van der Waals surface area contributed by atoms with Gasteiger partial charge >= 0.3 is 0 Å². The number of rotatable bonds is 1. The number of hydrogen-bond acceptors (Lipinski definition) is 0. The molecule has 0 heterocycles. The highest BCUT2D eigenvalue weighted by Gasteiger charge is 2.42. The van der Waals surface area contributed by atoms with Crippen LogP contribution >= 0.6 is 0 Å². The van der Waals surface area contributed by atoms with Crippen LogP contribution in [0.25, 0.3) is 54.6 Å². The van der Waals surface area contributed by atoms with Crippen LogP contribution in [0.5, 0.6) is 0 Å². The summed E-state index contributed by atoms with van der Waals surface area (Å²) >= 11 is 0. The molecule has 0 radical (unpaired) electrons. The van der Waals surface area contributed by atoms with Gasteiger partial charge in [0.1, 0.15) is 0 Å². The fourth-order valence-corrected chi connectivity index (χ4v) is 7.51. The van der Waals surface area contributed by atoms with Crippen LogP contribution in [-0.4, -0.2) is 0 Å². The summed E-state index contributed by atoms with van der Waals surface area (Å²) in [6, 6.07) is 30.7. The van der Waals surface area contributed by atoms with Gasteiger partial charge < -0.3 is 0 Å². The second kappa shape index (κ2) is 6.37. The largest absolute Gasteiger partial charge is 0.0613 e. The van der Waals surface area contributed by atoms with E-state index in [0.717, 1.165) is 6.42 Å². The second-order valence-corrected chi connectivity index (χ2v) is 12.1. The molecule has 0 amide bonds. The van der Waals surface area contributed by atoms with Crippen LogP contribution in [0.2, 0.25) is 0 Å². The molecule has 0 saturated heterocycles. The van der Waals surface area contributed by atoms with Crippen molar-refractivity contribution in [2.24, 2.45) is 0 Å². The summed E-state index contributed by atoms with van der Waals surface area (Å²) in [5.74, 6) is 0. The zero-order valence-electron chi connectivity index (χ0n) is 21.7. The van der Waals surface area contributed by atoms with Gasteiger partial charge in [0.05, 0.1) is 0 Å². The molecule has 0 unspecified atom stereocenters. The van der Waals surface area contributed by atoms with Gasteiger partial charge in [-0.15, -0.1) is 0 Å². The molecule has 0 saturated carbocycles. The standard InChI is InChI=1S/C36H30/c1-6-20-10-14-24-26-18-30-27(19-29(26)35(2,3)28(24)16-20)34-25-15-13-22-9-7-8-21-11-12-23(33(25)32(21)22)17-31(34)36(30,4)5/h7-19H,6H2,1-5H3. The predicted molar refractivity (Wildman–Crippen MR) is 155 cm³/mol. The Bertz CT molecular complexity index is 1900. The zero-order valence-corrected chi connectivity index (χ0v) is 21.7. The SMILES string of the molecule is CCc1ccc2c(c1)C(C)(C)c1cc3c(cc1-2)C(C)(C)c1cc2ccc4cccc5ccc(c1-3)c2c45. The molecule has 0 bridgehead atoms. The minimum atomic E-state index is -0.0413. The lowest BCUT2D eigenvalue weighted by Crippen LogP contribution is -2.17. The summed E-state index contributed by atoms with van der Waals surface area (Å²) in [4.78, 5) is 0. The summed E-state index contributed by atoms with van der Waals surface area (Å²) in [6.07, 6.45) is 1.08. The Balaban J connectivity index is 1.49. The second-order valence-electron chi connectivity index (χ2n) is 12.1. The Kier molecular flexibility index (Phi) is 3.64. The minimum Gasteiger partial charge on any atom is -0.0613 e. The summed E-state index contributed by atoms with van der Waals surface area (Å²) < 4.78 is 0. The maximum absolute atomic E-state index is 2.56. The van der Waals surface area contributed by atoms with Crippen LogP contribution < -0.4 is 0 Å². The van der Waals surface area contributed by atoms with Crippen LogP contribution in [0, 0.1) is 0 Å². The minimum absolute atomic E-state index is 0.00155. The van der Waals surface area contributed by atoms with Gasteiger partial charge in [-0.3, -0.25) is 0 Å². The van der Waals surface area contributed by atoms with E-state index in [1.54, 1.807) is 0 Å². The highest BCUT2D eigenvalue weighted by atomic mass is 14.4. The van der Waals surface area contributed by atoms with Crippen LogP contribution in [-0.2, 0) is 17.3 Å². The van der Waals surface area contributed by atoms with E-state index in [-0.39, 0.29) is 10.8 Å². The zero-order chi connectivity index (χ0) is 24.6. The van der Waals surface area contributed by atoms with E-state index in [1.807, 2.05) is 0 Å². The summed E-state index contributed by atoms with van der Waals surface area (Å²) in [5.41, 5.74) is 13.0. The first-order valence-electron chi connectivity index (χ1n) is 13.3. The molecule has 0 spiro atoms. The van der Waals surface area contributed by atoms with E-state index in [2.05, 4.69) is 113 Å². The molecule has 0 aromatic heterocycles. The van der Waals surface area contributed by atoms with E-state index in [9.17, 15) is 0 Å². The molecule has 36 heavy (non-hydrogen) atoms. The monoisotopic (exact) mass is 462 g/mol. The van der Waals surface area contributed by atoms with Gasteiger partial charge in [-0.05, 0) is 107 Å². The molecule has 6 aromatic rings. The van der Waals surface area contributed by atoms with Crippen molar-refractivity contribution in [3.05, 3.63) is 107 Å². The van der Waals surface area contributed by atoms with Gasteiger partial charge in [-0.1, -0.05) is 95.3 Å². The molecule has 8 rings (SSSR count). The molecular weight excluding hydrogens is 432 g/mol. The molecule has 0 atom stereocenters. The summed E-state index contributed by atoms with van der Waals surface area (Å²) in [7, 11) is 0. The van der Waals surface area contributed by atoms with E-state index in [1.165, 1.54) is 82.4 Å². The molecule has 0 N–H and O–H groups in total. The Morgan fingerprint density at radius 2 is 1.17 bits per heavy atom. The van der Waals surface area contributed by atoms with Crippen LogP contribution in [0.15, 0.2) is 78.9 Å². The average Bonchev–Trinajstić information content (AvgIpc) is 3.25. The van der Waals surface area contributed by atoms with E-state index in [0.29, 0.717) is 0 Å². The van der Waals surface area contributed by atoms with Gasteiger partial charge in [-0.2, -0.15) is 0 Å². The molecular formula is C36H30. The molecule has 6 aromatic carbocycles. The van der Waals surface area contributed by atoms with Crippen LogP contribution in [0.4, 0.5) is 0 Å². The lowest BCUT2D eigenvalue weighted by atomic mass is 9.79. The Hall–Kier alpha value is -3.64. The van der Waals surface area contributed by atoms with Crippen molar-refractivity contribution in [1.29, 1.82) is 0 Å². The maximum atomic E-state index is 2.56. The van der Waals surface area contributed by atoms with Crippen molar-refractivity contribution in [3.63, 3.8) is 0 Å². The lowest BCUT2D eigenvalue weighted by molar-refractivity contribution is 0.652. The molecule has 0 aliphatic heterocycles. The Morgan fingerprint density at radius 3 is 1.94 bits per heavy atom. The van der Waals surface area contributed by atoms with Gasteiger partial charge in [0, 0.05) is 10.8 Å². The van der Waals surface area contributed by atoms with Crippen LogP contribution in [0.1, 0.15) is 62.4 Å². The smallest absolute Gasteiger partial charge is 0.0159 e. The van der Waals surface area contributed by atoms with Crippen molar-refractivity contribution in [2.75, 3.05) is 0 Å². The van der Waals surface area contributed by atoms with Crippen molar-refractivity contribution < 1.29 is 0 Å². The maximum Gasteiger partial charge on any atom is 0.0159 e. The van der Waals surface area contributed by atoms with Gasteiger partial charge in [-0.25, -0.2) is 0 Å². The summed E-state index contributed by atoms with van der Waals surface area (Å²) in [5, 5.41) is 8.26. The predicted octanol–water partition coefficient (Wildman–Crippen LogP) is 9.76. The van der Waals surface area contributed by atoms with Crippen molar-refractivity contribution in [3.8, 4) is 22.3 Å². The fraction of sp³-hybridized carbons (Fsp3) is 0.222. The lowest BCUT2D eigenvalue weighted by Gasteiger charge is -2.24. The number of benzene rings is 6. The normalized spacial score (nSPS) is 16.5. The third-order valence-corrected chi connectivity index (χ3v) is 9.55. The molecule has 2 aliphatic rings. The topological polar surface area (TPSA) is 0 Å². The first-order valence-corrected chi connectivity index (χ1v) is 13.3. The summed E-state index contributed by atoms with van der Waals surface area (Å²) in [6.45, 7) is 11.9. The highest BCUT2D eigenvalue weighted by molar-refractivity contribution is 6.26. The van der Waals surface area contributed by atoms with Crippen molar-refractivity contribution in [1.82, 2.24) is 0 Å². The molecule has 0 fully saturated rings. The quantitative estimate of drug-likeness (QED) is 0.213. The number of fused-ring (bicyclic) bond motifs is 7.